The quantitative estimate of drug-likeness (QED) is 0.826. The van der Waals surface area contributed by atoms with Crippen molar-refractivity contribution >= 4 is 27.5 Å². The van der Waals surface area contributed by atoms with Crippen LogP contribution in [0.25, 0.3) is 0 Å². The van der Waals surface area contributed by atoms with Crippen molar-refractivity contribution in [2.75, 3.05) is 13.2 Å². The maximum Gasteiger partial charge on any atom is 0.137 e. The van der Waals surface area contributed by atoms with Crippen molar-refractivity contribution in [1.82, 2.24) is 5.32 Å². The van der Waals surface area contributed by atoms with Crippen LogP contribution in [0, 0.1) is 5.41 Å². The first-order chi connectivity index (χ1) is 8.30. The Morgan fingerprint density at radius 3 is 2.61 bits per heavy atom. The molecule has 0 aliphatic rings. The minimum atomic E-state index is 0.0701. The zero-order valence-electron chi connectivity index (χ0n) is 11.4. The van der Waals surface area contributed by atoms with Crippen molar-refractivity contribution < 1.29 is 4.74 Å². The molecular formula is C14H21BrClNO. The Morgan fingerprint density at radius 1 is 1.39 bits per heavy atom. The molecule has 1 rings (SSSR count). The van der Waals surface area contributed by atoms with Crippen LogP contribution in [0.4, 0.5) is 0 Å². The Labute approximate surface area is 123 Å². The van der Waals surface area contributed by atoms with Gasteiger partial charge < -0.3 is 10.1 Å². The summed E-state index contributed by atoms with van der Waals surface area (Å²) in [6.45, 7) is 10.2. The van der Waals surface area contributed by atoms with Gasteiger partial charge in [-0.25, -0.2) is 0 Å². The fraction of sp³-hybridized carbons (Fsp3) is 0.571. The van der Waals surface area contributed by atoms with E-state index >= 15 is 0 Å². The molecule has 0 aromatic heterocycles. The first-order valence-corrected chi connectivity index (χ1v) is 7.28. The predicted molar refractivity (Wildman–Crippen MR) is 81.6 cm³/mol. The van der Waals surface area contributed by atoms with Crippen LogP contribution in [0.15, 0.2) is 22.7 Å². The molecule has 18 heavy (non-hydrogen) atoms. The van der Waals surface area contributed by atoms with Crippen molar-refractivity contribution in [3.05, 3.63) is 27.7 Å². The first-order valence-electron chi connectivity index (χ1n) is 6.11. The molecule has 0 saturated heterocycles. The van der Waals surface area contributed by atoms with Crippen molar-refractivity contribution in [2.24, 2.45) is 5.41 Å². The fourth-order valence-electron chi connectivity index (χ4n) is 1.40. The molecule has 0 radical (unpaired) electrons. The SMILES string of the molecule is CC(C)NCC(C)(C)COc1ccc(Br)cc1Cl. The minimum Gasteiger partial charge on any atom is -0.491 e. The van der Waals surface area contributed by atoms with Gasteiger partial charge in [0, 0.05) is 22.5 Å². The average molecular weight is 335 g/mol. The maximum atomic E-state index is 6.12. The molecular weight excluding hydrogens is 314 g/mol. The van der Waals surface area contributed by atoms with Crippen LogP contribution < -0.4 is 10.1 Å². The largest absolute Gasteiger partial charge is 0.491 e. The summed E-state index contributed by atoms with van der Waals surface area (Å²) in [6.07, 6.45) is 0. The van der Waals surface area contributed by atoms with Crippen LogP contribution >= 0.6 is 27.5 Å². The molecule has 0 unspecified atom stereocenters. The zero-order valence-corrected chi connectivity index (χ0v) is 13.7. The fourth-order valence-corrected chi connectivity index (χ4v) is 2.12. The third kappa shape index (κ3) is 5.59. The normalized spacial score (nSPS) is 11.9. The van der Waals surface area contributed by atoms with Crippen molar-refractivity contribution in [2.45, 2.75) is 33.7 Å². The Morgan fingerprint density at radius 2 is 2.06 bits per heavy atom. The van der Waals surface area contributed by atoms with E-state index in [2.05, 4.69) is 48.9 Å². The van der Waals surface area contributed by atoms with E-state index in [1.807, 2.05) is 18.2 Å². The van der Waals surface area contributed by atoms with Crippen molar-refractivity contribution in [1.29, 1.82) is 0 Å². The molecule has 0 aliphatic heterocycles. The van der Waals surface area contributed by atoms with Crippen LogP contribution in [0.1, 0.15) is 27.7 Å². The summed E-state index contributed by atoms with van der Waals surface area (Å²) in [4.78, 5) is 0. The van der Waals surface area contributed by atoms with E-state index in [0.717, 1.165) is 16.8 Å². The van der Waals surface area contributed by atoms with Gasteiger partial charge >= 0.3 is 0 Å². The van der Waals surface area contributed by atoms with Crippen molar-refractivity contribution in [3.8, 4) is 5.75 Å². The number of benzene rings is 1. The molecule has 0 amide bonds. The highest BCUT2D eigenvalue weighted by atomic mass is 79.9. The minimum absolute atomic E-state index is 0.0701. The van der Waals surface area contributed by atoms with Gasteiger partial charge in [-0.1, -0.05) is 55.2 Å². The van der Waals surface area contributed by atoms with Gasteiger partial charge in [0.25, 0.3) is 0 Å². The summed E-state index contributed by atoms with van der Waals surface area (Å²) >= 11 is 9.49. The highest BCUT2D eigenvalue weighted by Crippen LogP contribution is 2.29. The summed E-state index contributed by atoms with van der Waals surface area (Å²) < 4.78 is 6.75. The Hall–Kier alpha value is -0.250. The molecule has 1 aromatic rings. The summed E-state index contributed by atoms with van der Waals surface area (Å²) in [5, 5.41) is 4.06. The van der Waals surface area contributed by atoms with Gasteiger partial charge in [-0.3, -0.25) is 0 Å². The van der Waals surface area contributed by atoms with Crippen LogP contribution in [-0.2, 0) is 0 Å². The molecule has 0 spiro atoms. The highest BCUT2D eigenvalue weighted by molar-refractivity contribution is 9.10. The van der Waals surface area contributed by atoms with Gasteiger partial charge in [0.2, 0.25) is 0 Å². The molecule has 0 bridgehead atoms. The first kappa shape index (κ1) is 15.8. The second kappa shape index (κ2) is 6.78. The molecule has 102 valence electrons. The van der Waals surface area contributed by atoms with Gasteiger partial charge in [0.15, 0.2) is 0 Å². The Kier molecular flexibility index (Phi) is 5.96. The van der Waals surface area contributed by atoms with E-state index in [0.29, 0.717) is 17.7 Å². The summed E-state index contributed by atoms with van der Waals surface area (Å²) in [7, 11) is 0. The van der Waals surface area contributed by atoms with Crippen LogP contribution in [0.2, 0.25) is 5.02 Å². The zero-order chi connectivity index (χ0) is 13.8. The summed E-state index contributed by atoms with van der Waals surface area (Å²) in [6, 6.07) is 6.15. The number of hydrogen-bond donors (Lipinski definition) is 1. The number of nitrogens with one attached hydrogen (secondary N) is 1. The topological polar surface area (TPSA) is 21.3 Å². The van der Waals surface area contributed by atoms with E-state index in [9.17, 15) is 0 Å². The maximum absolute atomic E-state index is 6.12. The van der Waals surface area contributed by atoms with Gasteiger partial charge in [0.05, 0.1) is 11.6 Å². The third-order valence-electron chi connectivity index (χ3n) is 2.50. The van der Waals surface area contributed by atoms with Crippen LogP contribution in [-0.4, -0.2) is 19.2 Å². The van der Waals surface area contributed by atoms with Crippen molar-refractivity contribution in [3.63, 3.8) is 0 Å². The Bertz CT molecular complexity index is 393. The number of hydrogen-bond acceptors (Lipinski definition) is 2. The lowest BCUT2D eigenvalue weighted by Gasteiger charge is -2.26. The molecule has 0 saturated carbocycles. The van der Waals surface area contributed by atoms with Gasteiger partial charge in [-0.15, -0.1) is 0 Å². The molecule has 0 fully saturated rings. The van der Waals surface area contributed by atoms with E-state index < -0.39 is 0 Å². The third-order valence-corrected chi connectivity index (χ3v) is 3.29. The summed E-state index contributed by atoms with van der Waals surface area (Å²) in [5.74, 6) is 0.734. The molecule has 1 aromatic carbocycles. The second-order valence-electron chi connectivity index (χ2n) is 5.56. The molecule has 0 heterocycles. The molecule has 4 heteroatoms. The molecule has 1 N–H and O–H groups in total. The van der Waals surface area contributed by atoms with Gasteiger partial charge in [-0.2, -0.15) is 0 Å². The van der Waals surface area contributed by atoms with E-state index in [4.69, 9.17) is 16.3 Å². The monoisotopic (exact) mass is 333 g/mol. The lowest BCUT2D eigenvalue weighted by atomic mass is 9.94. The smallest absolute Gasteiger partial charge is 0.137 e. The second-order valence-corrected chi connectivity index (χ2v) is 6.89. The van der Waals surface area contributed by atoms with Gasteiger partial charge in [0.1, 0.15) is 5.75 Å². The number of rotatable bonds is 6. The summed E-state index contributed by atoms with van der Waals surface area (Å²) in [5.41, 5.74) is 0.0701. The Balaban J connectivity index is 2.53. The van der Waals surface area contributed by atoms with E-state index in [1.165, 1.54) is 0 Å². The lowest BCUT2D eigenvalue weighted by molar-refractivity contribution is 0.173. The van der Waals surface area contributed by atoms with Crippen LogP contribution in [0.3, 0.4) is 0 Å². The molecule has 0 aliphatic carbocycles. The molecule has 2 nitrogen and oxygen atoms in total. The highest BCUT2D eigenvalue weighted by Gasteiger charge is 2.19. The van der Waals surface area contributed by atoms with E-state index in [-0.39, 0.29) is 5.41 Å². The number of halogens is 2. The number of ether oxygens (including phenoxy) is 1. The van der Waals surface area contributed by atoms with Gasteiger partial charge in [-0.05, 0) is 18.2 Å². The average Bonchev–Trinajstić information content (AvgIpc) is 2.25. The predicted octanol–water partition coefficient (Wildman–Crippen LogP) is 4.51. The van der Waals surface area contributed by atoms with E-state index in [1.54, 1.807) is 0 Å². The van der Waals surface area contributed by atoms with Crippen LogP contribution in [0.5, 0.6) is 5.75 Å². The lowest BCUT2D eigenvalue weighted by Crippen LogP contribution is -2.37. The standard InChI is InChI=1S/C14H21BrClNO/c1-10(2)17-8-14(3,4)9-18-13-6-5-11(15)7-12(13)16/h5-7,10,17H,8-9H2,1-4H3. The molecule has 0 atom stereocenters.